The molecule has 0 spiro atoms. The third-order valence-corrected chi connectivity index (χ3v) is 2.69. The van der Waals surface area contributed by atoms with Gasteiger partial charge in [-0.15, -0.1) is 13.3 Å². The predicted molar refractivity (Wildman–Crippen MR) is 61.1 cm³/mol. The Kier molecular flexibility index (Phi) is 15.7. The molecule has 0 aromatic carbocycles. The molecular formula is C13H17Cl2O2Ti. The first kappa shape index (κ1) is 26.4. The molecule has 0 fully saturated rings. The van der Waals surface area contributed by atoms with E-state index in [1.807, 2.05) is 0 Å². The van der Waals surface area contributed by atoms with Crippen LogP contribution in [0.5, 0.6) is 0 Å². The van der Waals surface area contributed by atoms with Crippen molar-refractivity contribution >= 4 is 5.97 Å². The number of rotatable bonds is 0. The molecule has 18 heavy (non-hydrogen) atoms. The van der Waals surface area contributed by atoms with Gasteiger partial charge in [0, 0.05) is 5.92 Å². The van der Waals surface area contributed by atoms with Crippen LogP contribution in [-0.4, -0.2) is 11.1 Å². The van der Waals surface area contributed by atoms with E-state index in [1.165, 1.54) is 22.6 Å². The summed E-state index contributed by atoms with van der Waals surface area (Å²) in [4.78, 5) is 9.13. The predicted octanol–water partition coefficient (Wildman–Crippen LogP) is -3.18. The molecular weight excluding hydrogens is 307 g/mol. The van der Waals surface area contributed by atoms with Crippen molar-refractivity contribution in [3.05, 3.63) is 22.8 Å². The van der Waals surface area contributed by atoms with Crippen molar-refractivity contribution in [3.8, 4) is 12.3 Å². The molecule has 1 rings (SSSR count). The van der Waals surface area contributed by atoms with Gasteiger partial charge in [-0.1, -0.05) is 33.1 Å². The second-order valence-electron chi connectivity index (χ2n) is 4.07. The molecule has 2 nitrogen and oxygen atoms in total. The summed E-state index contributed by atoms with van der Waals surface area (Å²) in [5, 5.41) is 7.49. The smallest absolute Gasteiger partial charge is 1.00 e. The van der Waals surface area contributed by atoms with Crippen LogP contribution in [0.25, 0.3) is 0 Å². The van der Waals surface area contributed by atoms with Crippen molar-refractivity contribution in [2.24, 2.45) is 5.41 Å². The molecule has 0 aromatic heterocycles. The zero-order valence-electron chi connectivity index (χ0n) is 11.2. The third kappa shape index (κ3) is 8.00. The summed E-state index contributed by atoms with van der Waals surface area (Å²) in [5.41, 5.74) is 4.39. The van der Waals surface area contributed by atoms with E-state index in [0.29, 0.717) is 0 Å². The number of hydrogen-bond acceptors (Lipinski definition) is 1. The number of terminal acetylenes is 1. The molecule has 0 aliphatic heterocycles. The Balaban J connectivity index is -0.000000109. The van der Waals surface area contributed by atoms with Crippen LogP contribution in [-0.2, 0) is 26.5 Å². The summed E-state index contributed by atoms with van der Waals surface area (Å²) in [6.45, 7) is 10.9. The van der Waals surface area contributed by atoms with Gasteiger partial charge in [-0.25, -0.2) is 10.4 Å². The largest absolute Gasteiger partial charge is 3.00 e. The second kappa shape index (κ2) is 10.7. The van der Waals surface area contributed by atoms with Crippen molar-refractivity contribution < 1.29 is 56.4 Å². The van der Waals surface area contributed by atoms with Crippen molar-refractivity contribution in [1.82, 2.24) is 0 Å². The van der Waals surface area contributed by atoms with Gasteiger partial charge >= 0.3 is 27.7 Å². The number of carboxylic acid groups (broad SMARTS) is 1. The molecule has 0 heterocycles. The molecule has 0 saturated heterocycles. The summed E-state index contributed by atoms with van der Waals surface area (Å²) in [5.74, 6) is 0.227. The van der Waals surface area contributed by atoms with Crippen molar-refractivity contribution in [2.75, 3.05) is 0 Å². The van der Waals surface area contributed by atoms with Gasteiger partial charge in [-0.2, -0.15) is 11.1 Å². The SMILES string of the molecule is C#CC(=O)O.CC1=[C-]C(C)(C)C(C)=C1C.[Cl-].[Cl-].[Ti+3]. The number of hydrogen-bond donors (Lipinski definition) is 1. The molecule has 0 aromatic rings. The van der Waals surface area contributed by atoms with E-state index in [1.54, 1.807) is 0 Å². The summed E-state index contributed by atoms with van der Waals surface area (Å²) in [7, 11) is 0. The van der Waals surface area contributed by atoms with Crippen LogP contribution < -0.4 is 24.8 Å². The van der Waals surface area contributed by atoms with Crippen LogP contribution >= 0.6 is 0 Å². The van der Waals surface area contributed by atoms with Gasteiger partial charge in [0.15, 0.2) is 0 Å². The molecule has 1 aliphatic carbocycles. The minimum atomic E-state index is -1.22. The van der Waals surface area contributed by atoms with Gasteiger partial charge in [0.05, 0.1) is 0 Å². The standard InChI is InChI=1S/C10H15.C3H2O2.2ClH.Ti/c1-7-6-10(4,5)9(3)8(7)2;1-2-3(4)5;;;/h1-5H3;1H,(H,4,5);2*1H;/q-1;;;;+3/p-2. The van der Waals surface area contributed by atoms with E-state index in [0.717, 1.165) is 0 Å². The van der Waals surface area contributed by atoms with Crippen LogP contribution in [0.3, 0.4) is 0 Å². The van der Waals surface area contributed by atoms with E-state index in [4.69, 9.17) is 9.90 Å². The molecule has 1 radical (unpaired) electrons. The second-order valence-corrected chi connectivity index (χ2v) is 4.07. The van der Waals surface area contributed by atoms with E-state index in [9.17, 15) is 0 Å². The van der Waals surface area contributed by atoms with Gasteiger partial charge in [0.1, 0.15) is 0 Å². The fraction of sp³-hybridized carbons (Fsp3) is 0.462. The summed E-state index contributed by atoms with van der Waals surface area (Å²) >= 11 is 0. The maximum Gasteiger partial charge on any atom is 3.00 e. The first-order chi connectivity index (χ1) is 6.72. The molecule has 0 amide bonds. The van der Waals surface area contributed by atoms with E-state index in [2.05, 4.69) is 47.1 Å². The number of carbonyl (C=O) groups is 1. The van der Waals surface area contributed by atoms with Crippen LogP contribution in [0.2, 0.25) is 0 Å². The molecule has 1 aliphatic rings. The van der Waals surface area contributed by atoms with Crippen LogP contribution in [0.15, 0.2) is 16.7 Å². The molecule has 1 N–H and O–H groups in total. The van der Waals surface area contributed by atoms with Gasteiger partial charge in [-0.05, 0) is 0 Å². The quantitative estimate of drug-likeness (QED) is 0.290. The molecule has 0 unspecified atom stereocenters. The van der Waals surface area contributed by atoms with Crippen molar-refractivity contribution in [1.29, 1.82) is 0 Å². The number of halogens is 2. The van der Waals surface area contributed by atoms with E-state index < -0.39 is 5.97 Å². The first-order valence-electron chi connectivity index (χ1n) is 4.72. The minimum absolute atomic E-state index is 0. The van der Waals surface area contributed by atoms with Gasteiger partial charge < -0.3 is 29.9 Å². The zero-order valence-corrected chi connectivity index (χ0v) is 14.3. The normalized spacial score (nSPS) is 14.6. The van der Waals surface area contributed by atoms with Gasteiger partial charge in [0.2, 0.25) is 0 Å². The third-order valence-electron chi connectivity index (χ3n) is 2.69. The Bertz CT molecular complexity index is 377. The summed E-state index contributed by atoms with van der Waals surface area (Å²) in [6.07, 6.45) is 7.76. The Morgan fingerprint density at radius 2 is 1.61 bits per heavy atom. The summed E-state index contributed by atoms with van der Waals surface area (Å²) < 4.78 is 0. The Morgan fingerprint density at radius 3 is 1.67 bits per heavy atom. The molecule has 5 heteroatoms. The molecule has 0 atom stereocenters. The molecule has 0 saturated carbocycles. The van der Waals surface area contributed by atoms with E-state index in [-0.39, 0.29) is 51.9 Å². The van der Waals surface area contributed by atoms with E-state index >= 15 is 0 Å². The number of allylic oxidation sites excluding steroid dienone is 4. The average molecular weight is 324 g/mol. The Morgan fingerprint density at radius 1 is 1.28 bits per heavy atom. The monoisotopic (exact) mass is 323 g/mol. The number of aliphatic carboxylic acids is 1. The van der Waals surface area contributed by atoms with Gasteiger partial charge in [-0.3, -0.25) is 6.08 Å². The molecule has 0 bridgehead atoms. The Hall–Kier alpha value is -0.196. The van der Waals surface area contributed by atoms with Crippen molar-refractivity contribution in [3.63, 3.8) is 0 Å². The van der Waals surface area contributed by atoms with Gasteiger partial charge in [0.25, 0.3) is 0 Å². The van der Waals surface area contributed by atoms with Crippen LogP contribution in [0.1, 0.15) is 34.6 Å². The summed E-state index contributed by atoms with van der Waals surface area (Å²) in [6, 6.07) is 0. The Labute approximate surface area is 137 Å². The average Bonchev–Trinajstić information content (AvgIpc) is 2.30. The number of carboxylic acids is 1. The van der Waals surface area contributed by atoms with Crippen LogP contribution in [0, 0.1) is 23.8 Å². The fourth-order valence-corrected chi connectivity index (χ4v) is 1.41. The maximum atomic E-state index is 9.13. The van der Waals surface area contributed by atoms with Crippen molar-refractivity contribution in [2.45, 2.75) is 34.6 Å². The first-order valence-corrected chi connectivity index (χ1v) is 4.72. The zero-order chi connectivity index (χ0) is 12.2. The maximum absolute atomic E-state index is 9.13. The topological polar surface area (TPSA) is 37.3 Å². The fourth-order valence-electron chi connectivity index (χ4n) is 1.41. The van der Waals surface area contributed by atoms with Crippen LogP contribution in [0.4, 0.5) is 0 Å². The minimum Gasteiger partial charge on any atom is -1.00 e. The molecule has 99 valence electrons.